The van der Waals surface area contributed by atoms with Gasteiger partial charge < -0.3 is 21.5 Å². The van der Waals surface area contributed by atoms with E-state index in [-0.39, 0.29) is 20.8 Å². The Kier molecular flexibility index (Phi) is 43.2. The molecule has 0 unspecified atom stereocenters. The van der Waals surface area contributed by atoms with Crippen LogP contribution in [0.3, 0.4) is 0 Å². The van der Waals surface area contributed by atoms with Crippen LogP contribution >= 0.6 is 0 Å². The first-order valence-electron chi connectivity index (χ1n) is 8.12. The predicted octanol–water partition coefficient (Wildman–Crippen LogP) is 3.70. The van der Waals surface area contributed by atoms with Gasteiger partial charge in [0.25, 0.3) is 0 Å². The number of ether oxygens (including phenoxy) is 1. The van der Waals surface area contributed by atoms with Crippen LogP contribution in [0.5, 0.6) is 0 Å². The van der Waals surface area contributed by atoms with Gasteiger partial charge in [-0.05, 0) is 32.5 Å². The fourth-order valence-electron chi connectivity index (χ4n) is 1.24. The molecule has 5 nitrogen and oxygen atoms in total. The highest BCUT2D eigenvalue weighted by atomic mass is 16.5. The maximum absolute atomic E-state index is 10.0. The minimum atomic E-state index is -0.0463. The molecule has 1 fully saturated rings. The molecule has 1 aliphatic heterocycles. The van der Waals surface area contributed by atoms with Gasteiger partial charge >= 0.3 is 5.97 Å². The Labute approximate surface area is 146 Å². The summed E-state index contributed by atoms with van der Waals surface area (Å²) in [6.45, 7) is 12.3. The van der Waals surface area contributed by atoms with E-state index in [9.17, 15) is 4.79 Å². The molecule has 0 spiro atoms. The fraction of sp³-hybridized carbons (Fsp3) is 0.944. The number of nitrogens with two attached hydrogens (primary N) is 2. The van der Waals surface area contributed by atoms with Crippen LogP contribution in [0, 0.1) is 0 Å². The molecule has 1 saturated heterocycles. The van der Waals surface area contributed by atoms with Gasteiger partial charge in [-0.2, -0.15) is 0 Å². The van der Waals surface area contributed by atoms with Gasteiger partial charge in [-0.1, -0.05) is 62.3 Å². The molecule has 5 N–H and O–H groups in total. The lowest BCUT2D eigenvalue weighted by Crippen LogP contribution is -2.23. The molecule has 0 bridgehead atoms. The summed E-state index contributed by atoms with van der Waals surface area (Å²) in [5, 5.41) is 3.38. The van der Waals surface area contributed by atoms with Crippen LogP contribution in [0.2, 0.25) is 0 Å². The largest absolute Gasteiger partial charge is 0.466 e. The second-order valence-corrected chi connectivity index (χ2v) is 5.38. The van der Waals surface area contributed by atoms with Crippen molar-refractivity contribution in [1.82, 2.24) is 5.32 Å². The van der Waals surface area contributed by atoms with E-state index in [1.807, 2.05) is 13.8 Å². The van der Waals surface area contributed by atoms with Crippen molar-refractivity contribution in [3.8, 4) is 0 Å². The van der Waals surface area contributed by atoms with Gasteiger partial charge in [0.2, 0.25) is 0 Å². The number of cyclic esters (lactones) is 1. The lowest BCUT2D eigenvalue weighted by molar-refractivity contribution is -0.137. The van der Waals surface area contributed by atoms with Crippen LogP contribution in [-0.4, -0.2) is 38.3 Å². The Hall–Kier alpha value is -0.650. The van der Waals surface area contributed by atoms with Gasteiger partial charge in [0.15, 0.2) is 0 Å². The average molecular weight is 338 g/mol. The molecule has 23 heavy (non-hydrogen) atoms. The average Bonchev–Trinajstić information content (AvgIpc) is 2.88. The van der Waals surface area contributed by atoms with E-state index in [0.717, 1.165) is 6.42 Å². The quantitative estimate of drug-likeness (QED) is 0.525. The summed E-state index contributed by atoms with van der Waals surface area (Å²) < 4.78 is 4.51. The van der Waals surface area contributed by atoms with Crippen molar-refractivity contribution in [3.05, 3.63) is 0 Å². The van der Waals surface area contributed by atoms with E-state index < -0.39 is 0 Å². The first-order valence-corrected chi connectivity index (χ1v) is 8.12. The molecule has 1 aliphatic rings. The van der Waals surface area contributed by atoms with E-state index in [1.165, 1.54) is 32.9 Å². The van der Waals surface area contributed by atoms with Crippen molar-refractivity contribution in [3.63, 3.8) is 0 Å². The Morgan fingerprint density at radius 3 is 1.83 bits per heavy atom. The molecular formula is C18H47N3O2. The van der Waals surface area contributed by atoms with Crippen LogP contribution < -0.4 is 16.8 Å². The summed E-state index contributed by atoms with van der Waals surface area (Å²) in [6, 6.07) is 0.988. The number of hydrogen-bond acceptors (Lipinski definition) is 5. The van der Waals surface area contributed by atoms with E-state index in [4.69, 9.17) is 5.73 Å². The first kappa shape index (κ1) is 33.8. The first-order chi connectivity index (χ1) is 9.90. The second-order valence-electron chi connectivity index (χ2n) is 5.38. The van der Waals surface area contributed by atoms with Crippen LogP contribution in [0.15, 0.2) is 0 Å². The zero-order valence-corrected chi connectivity index (χ0v) is 15.1. The predicted molar refractivity (Wildman–Crippen MR) is 106 cm³/mol. The highest BCUT2D eigenvalue weighted by Gasteiger charge is 2.08. The van der Waals surface area contributed by atoms with Crippen LogP contribution in [-0.2, 0) is 9.53 Å². The van der Waals surface area contributed by atoms with Gasteiger partial charge in [-0.25, -0.2) is 0 Å². The molecule has 0 aliphatic carbocycles. The number of esters is 1. The van der Waals surface area contributed by atoms with Crippen molar-refractivity contribution in [2.45, 2.75) is 93.7 Å². The third kappa shape index (κ3) is 52.4. The molecule has 0 aromatic rings. The number of carbonyl (C=O) groups excluding carboxylic acids is 1. The summed E-state index contributed by atoms with van der Waals surface area (Å²) in [6.07, 6.45) is 5.55. The summed E-state index contributed by atoms with van der Waals surface area (Å²) in [4.78, 5) is 10.0. The van der Waals surface area contributed by atoms with E-state index in [0.29, 0.717) is 25.1 Å². The van der Waals surface area contributed by atoms with Crippen molar-refractivity contribution >= 4 is 5.97 Å². The molecular weight excluding hydrogens is 290 g/mol. The van der Waals surface area contributed by atoms with Crippen molar-refractivity contribution < 1.29 is 9.53 Å². The third-order valence-electron chi connectivity index (χ3n) is 2.12. The summed E-state index contributed by atoms with van der Waals surface area (Å²) >= 11 is 0. The maximum Gasteiger partial charge on any atom is 0.305 e. The zero-order valence-electron chi connectivity index (χ0n) is 15.1. The maximum atomic E-state index is 10.0. The summed E-state index contributed by atoms with van der Waals surface area (Å²) in [5.74, 6) is -0.0463. The van der Waals surface area contributed by atoms with Crippen LogP contribution in [0.1, 0.15) is 81.6 Å². The Bertz CT molecular complexity index is 188. The molecule has 146 valence electrons. The van der Waals surface area contributed by atoms with Gasteiger partial charge in [-0.3, -0.25) is 4.79 Å². The normalized spacial score (nSPS) is 11.5. The molecule has 0 saturated carbocycles. The summed E-state index contributed by atoms with van der Waals surface area (Å²) in [5.41, 5.74) is 9.61. The minimum absolute atomic E-state index is 0. The van der Waals surface area contributed by atoms with Crippen molar-refractivity contribution in [1.29, 1.82) is 0 Å². The van der Waals surface area contributed by atoms with E-state index in [1.54, 1.807) is 0 Å². The lowest BCUT2D eigenvalue weighted by atomic mass is 10.2. The topological polar surface area (TPSA) is 90.4 Å². The van der Waals surface area contributed by atoms with E-state index >= 15 is 0 Å². The van der Waals surface area contributed by atoms with Gasteiger partial charge in [0, 0.05) is 12.5 Å². The van der Waals surface area contributed by atoms with Crippen molar-refractivity contribution in [2.75, 3.05) is 20.2 Å². The lowest BCUT2D eigenvalue weighted by Gasteiger charge is -2.05. The Morgan fingerprint density at radius 2 is 1.61 bits per heavy atom. The second kappa shape index (κ2) is 29.4. The molecule has 0 radical (unpaired) electrons. The molecule has 0 aromatic carbocycles. The molecule has 5 heteroatoms. The third-order valence-corrected chi connectivity index (χ3v) is 2.12. The molecule has 0 amide bonds. The molecule has 1 heterocycles. The Balaban J connectivity index is -0.0000000678. The highest BCUT2D eigenvalue weighted by Crippen LogP contribution is 2.01. The smallest absolute Gasteiger partial charge is 0.305 e. The van der Waals surface area contributed by atoms with Gasteiger partial charge in [0.05, 0.1) is 6.61 Å². The minimum Gasteiger partial charge on any atom is -0.466 e. The molecule has 0 aromatic heterocycles. The SMILES string of the molecule is C.C.CC(C)N.CCCCCNC(C)C.CN.O=C1CCCO1. The number of hydrogen-bond donors (Lipinski definition) is 3. The number of nitrogens with one attached hydrogen (secondary N) is 1. The van der Waals surface area contributed by atoms with Gasteiger partial charge in [0.1, 0.15) is 0 Å². The monoisotopic (exact) mass is 337 g/mol. The number of rotatable bonds is 5. The van der Waals surface area contributed by atoms with Gasteiger partial charge in [-0.15, -0.1) is 0 Å². The Morgan fingerprint density at radius 1 is 1.13 bits per heavy atom. The molecule has 0 atom stereocenters. The zero-order chi connectivity index (χ0) is 17.1. The standard InChI is InChI=1S/C8H19N.C4H6O2.C3H9N.CH5N.2CH4/c1-4-5-6-7-9-8(2)3;5-4-2-1-3-6-4;1-3(2)4;1-2;;/h8-9H,4-7H2,1-3H3;1-3H2;3H,4H2,1-2H3;2H2,1H3;2*1H4. The highest BCUT2D eigenvalue weighted by molar-refractivity contribution is 5.70. The summed E-state index contributed by atoms with van der Waals surface area (Å²) in [7, 11) is 1.50. The van der Waals surface area contributed by atoms with Crippen LogP contribution in [0.25, 0.3) is 0 Å². The van der Waals surface area contributed by atoms with E-state index in [2.05, 4.69) is 36.6 Å². The van der Waals surface area contributed by atoms with Crippen LogP contribution in [0.4, 0.5) is 0 Å². The number of carbonyl (C=O) groups is 1. The fourth-order valence-corrected chi connectivity index (χ4v) is 1.24. The molecule has 1 rings (SSSR count). The number of unbranched alkanes of at least 4 members (excludes halogenated alkanes) is 2. The van der Waals surface area contributed by atoms with Crippen molar-refractivity contribution in [2.24, 2.45) is 11.5 Å².